The van der Waals surface area contributed by atoms with Crippen molar-refractivity contribution in [3.63, 3.8) is 0 Å². The second-order valence-corrected chi connectivity index (χ2v) is 6.70. The molecule has 1 unspecified atom stereocenters. The zero-order chi connectivity index (χ0) is 18.8. The van der Waals surface area contributed by atoms with Gasteiger partial charge in [0.15, 0.2) is 5.82 Å². The van der Waals surface area contributed by atoms with Crippen LogP contribution < -0.4 is 16.4 Å². The molecule has 27 heavy (non-hydrogen) atoms. The van der Waals surface area contributed by atoms with Crippen molar-refractivity contribution in [2.24, 2.45) is 0 Å². The molecule has 0 amide bonds. The molecule has 3 aromatic rings. The third kappa shape index (κ3) is 3.98. The van der Waals surface area contributed by atoms with Crippen molar-refractivity contribution in [1.29, 1.82) is 5.26 Å². The number of nitrogens with zero attached hydrogens (tertiary/aromatic N) is 4. The highest BCUT2D eigenvalue weighted by Gasteiger charge is 2.25. The van der Waals surface area contributed by atoms with Crippen LogP contribution in [0.4, 0.5) is 23.4 Å². The molecule has 1 saturated carbocycles. The molecule has 136 valence electrons. The summed E-state index contributed by atoms with van der Waals surface area (Å²) in [5, 5.41) is 22.7. The quantitative estimate of drug-likeness (QED) is 0.530. The van der Waals surface area contributed by atoms with Gasteiger partial charge in [0.25, 0.3) is 0 Å². The third-order valence-corrected chi connectivity index (χ3v) is 4.52. The Morgan fingerprint density at radius 2 is 1.89 bits per heavy atom. The summed E-state index contributed by atoms with van der Waals surface area (Å²) in [6.45, 7) is 2.02. The Kier molecular flexibility index (Phi) is 4.34. The van der Waals surface area contributed by atoms with Crippen LogP contribution in [0.5, 0.6) is 0 Å². The lowest BCUT2D eigenvalue weighted by Crippen LogP contribution is -2.10. The van der Waals surface area contributed by atoms with Gasteiger partial charge in [-0.2, -0.15) is 20.3 Å². The van der Waals surface area contributed by atoms with Crippen LogP contribution in [0.15, 0.2) is 36.4 Å². The highest BCUT2D eigenvalue weighted by Crippen LogP contribution is 2.39. The van der Waals surface area contributed by atoms with Gasteiger partial charge in [0.05, 0.1) is 11.6 Å². The summed E-state index contributed by atoms with van der Waals surface area (Å²) in [5.74, 6) is 2.67. The van der Waals surface area contributed by atoms with Crippen LogP contribution in [0.25, 0.3) is 0 Å². The number of aromatic nitrogens is 4. The lowest BCUT2D eigenvalue weighted by molar-refractivity contribution is 0.873. The maximum Gasteiger partial charge on any atom is 0.223 e. The van der Waals surface area contributed by atoms with Crippen molar-refractivity contribution in [3.8, 4) is 6.07 Å². The second-order valence-electron chi connectivity index (χ2n) is 6.70. The molecule has 8 heteroatoms. The van der Waals surface area contributed by atoms with Crippen LogP contribution in [0.2, 0.25) is 0 Å². The van der Waals surface area contributed by atoms with Crippen molar-refractivity contribution >= 4 is 23.4 Å². The molecule has 1 aliphatic rings. The molecule has 1 aliphatic carbocycles. The molecule has 0 saturated heterocycles. The number of nitrogens with two attached hydrogens (primary N) is 1. The minimum absolute atomic E-state index is 0.00764. The van der Waals surface area contributed by atoms with Crippen molar-refractivity contribution in [2.75, 3.05) is 16.4 Å². The summed E-state index contributed by atoms with van der Waals surface area (Å²) in [5.41, 5.74) is 8.68. The number of nitrogen functional groups attached to an aromatic ring is 1. The Balaban J connectivity index is 1.48. The average molecular weight is 360 g/mol. The first kappa shape index (κ1) is 16.8. The van der Waals surface area contributed by atoms with E-state index in [1.807, 2.05) is 25.1 Å². The predicted molar refractivity (Wildman–Crippen MR) is 103 cm³/mol. The standard InChI is InChI=1S/C19H20N8/c1-11(13-4-2-12(10-20)3-5-13)22-16-9-17(25-19(21)24-16)23-18-8-15(26-27-18)14-6-7-14/h2-5,8-9,11,14H,6-7H2,1H3,(H5,21,22,23,24,25,26,27). The van der Waals surface area contributed by atoms with Crippen LogP contribution in [0.3, 0.4) is 0 Å². The maximum atomic E-state index is 8.91. The fourth-order valence-corrected chi connectivity index (χ4v) is 2.89. The summed E-state index contributed by atoms with van der Waals surface area (Å²) in [4.78, 5) is 8.48. The van der Waals surface area contributed by atoms with E-state index in [-0.39, 0.29) is 12.0 Å². The molecule has 4 rings (SSSR count). The fraction of sp³-hybridized carbons (Fsp3) is 0.263. The average Bonchev–Trinajstić information content (AvgIpc) is 3.41. The number of benzene rings is 1. The number of nitrogens with one attached hydrogen (secondary N) is 3. The molecule has 1 atom stereocenters. The first-order chi connectivity index (χ1) is 13.1. The van der Waals surface area contributed by atoms with Gasteiger partial charge in [0, 0.05) is 29.8 Å². The molecule has 8 nitrogen and oxygen atoms in total. The van der Waals surface area contributed by atoms with E-state index in [2.05, 4.69) is 36.9 Å². The van der Waals surface area contributed by atoms with E-state index >= 15 is 0 Å². The predicted octanol–water partition coefficient (Wildman–Crippen LogP) is 3.45. The number of H-pyrrole nitrogens is 1. The van der Waals surface area contributed by atoms with Crippen LogP contribution >= 0.6 is 0 Å². The minimum atomic E-state index is -0.00764. The van der Waals surface area contributed by atoms with Gasteiger partial charge in [-0.25, -0.2) is 0 Å². The number of aromatic amines is 1. The summed E-state index contributed by atoms with van der Waals surface area (Å²) < 4.78 is 0. The Labute approximate surface area is 156 Å². The molecule has 0 aliphatic heterocycles. The number of hydrogen-bond acceptors (Lipinski definition) is 7. The van der Waals surface area contributed by atoms with Crippen LogP contribution in [0, 0.1) is 11.3 Å². The molecular weight excluding hydrogens is 340 g/mol. The Hall–Kier alpha value is -3.60. The number of hydrogen-bond donors (Lipinski definition) is 4. The largest absolute Gasteiger partial charge is 0.368 e. The molecule has 2 heterocycles. The van der Waals surface area contributed by atoms with E-state index in [9.17, 15) is 0 Å². The van der Waals surface area contributed by atoms with Gasteiger partial charge < -0.3 is 16.4 Å². The van der Waals surface area contributed by atoms with Crippen LogP contribution in [0.1, 0.15) is 48.5 Å². The van der Waals surface area contributed by atoms with Gasteiger partial charge in [0.1, 0.15) is 11.6 Å². The molecule has 2 aromatic heterocycles. The van der Waals surface area contributed by atoms with Gasteiger partial charge in [-0.1, -0.05) is 12.1 Å². The molecular formula is C19H20N8. The normalized spacial score (nSPS) is 14.4. The Bertz CT molecular complexity index is 982. The first-order valence-electron chi connectivity index (χ1n) is 8.84. The van der Waals surface area contributed by atoms with E-state index in [0.29, 0.717) is 28.9 Å². The van der Waals surface area contributed by atoms with Crippen molar-refractivity contribution < 1.29 is 0 Å². The maximum absolute atomic E-state index is 8.91. The van der Waals surface area contributed by atoms with Gasteiger partial charge in [-0.05, 0) is 37.5 Å². The van der Waals surface area contributed by atoms with Crippen molar-refractivity contribution in [3.05, 3.63) is 53.2 Å². The topological polar surface area (TPSA) is 128 Å². The Morgan fingerprint density at radius 1 is 1.15 bits per heavy atom. The third-order valence-electron chi connectivity index (χ3n) is 4.52. The van der Waals surface area contributed by atoms with E-state index in [4.69, 9.17) is 11.0 Å². The summed E-state index contributed by atoms with van der Waals surface area (Å²) >= 11 is 0. The van der Waals surface area contributed by atoms with E-state index in [0.717, 1.165) is 11.3 Å². The van der Waals surface area contributed by atoms with Gasteiger partial charge in [-0.15, -0.1) is 0 Å². The lowest BCUT2D eigenvalue weighted by Gasteiger charge is -2.16. The zero-order valence-corrected chi connectivity index (χ0v) is 14.9. The monoisotopic (exact) mass is 360 g/mol. The van der Waals surface area contributed by atoms with Gasteiger partial charge in [0.2, 0.25) is 5.95 Å². The number of anilines is 4. The van der Waals surface area contributed by atoms with E-state index in [1.165, 1.54) is 12.8 Å². The second kappa shape index (κ2) is 6.96. The van der Waals surface area contributed by atoms with E-state index < -0.39 is 0 Å². The summed E-state index contributed by atoms with van der Waals surface area (Å²) in [6, 6.07) is 13.3. The van der Waals surface area contributed by atoms with E-state index in [1.54, 1.807) is 18.2 Å². The molecule has 1 fully saturated rings. The molecule has 5 N–H and O–H groups in total. The Morgan fingerprint density at radius 3 is 2.59 bits per heavy atom. The molecule has 0 spiro atoms. The summed E-state index contributed by atoms with van der Waals surface area (Å²) in [6.07, 6.45) is 2.42. The fourth-order valence-electron chi connectivity index (χ4n) is 2.89. The minimum Gasteiger partial charge on any atom is -0.368 e. The highest BCUT2D eigenvalue weighted by molar-refractivity contribution is 5.59. The molecule has 1 aromatic carbocycles. The summed E-state index contributed by atoms with van der Waals surface area (Å²) in [7, 11) is 0. The SMILES string of the molecule is CC(Nc1cc(Nc2cc(C3CC3)[nH]n2)nc(N)n1)c1ccc(C#N)cc1. The van der Waals surface area contributed by atoms with Crippen molar-refractivity contribution in [2.45, 2.75) is 31.7 Å². The zero-order valence-electron chi connectivity index (χ0n) is 14.9. The molecule has 0 radical (unpaired) electrons. The van der Waals surface area contributed by atoms with Gasteiger partial charge in [-0.3, -0.25) is 5.10 Å². The lowest BCUT2D eigenvalue weighted by atomic mass is 10.1. The van der Waals surface area contributed by atoms with Crippen LogP contribution in [-0.4, -0.2) is 20.2 Å². The van der Waals surface area contributed by atoms with Crippen LogP contribution in [-0.2, 0) is 0 Å². The number of rotatable bonds is 6. The highest BCUT2D eigenvalue weighted by atomic mass is 15.2. The smallest absolute Gasteiger partial charge is 0.223 e. The van der Waals surface area contributed by atoms with Crippen molar-refractivity contribution in [1.82, 2.24) is 20.2 Å². The first-order valence-corrected chi connectivity index (χ1v) is 8.84. The number of nitriles is 1. The van der Waals surface area contributed by atoms with Gasteiger partial charge >= 0.3 is 0 Å². The molecule has 0 bridgehead atoms.